The van der Waals surface area contributed by atoms with E-state index in [9.17, 15) is 21.6 Å². The molecule has 0 unspecified atom stereocenters. The molecule has 0 fully saturated rings. The number of benzene rings is 3. The summed E-state index contributed by atoms with van der Waals surface area (Å²) in [6.07, 6.45) is -2.66. The molecule has 0 radical (unpaired) electrons. The van der Waals surface area contributed by atoms with Gasteiger partial charge >= 0.3 is 6.18 Å². The molecule has 3 aromatic rings. The van der Waals surface area contributed by atoms with Gasteiger partial charge in [-0.25, -0.2) is 8.42 Å². The van der Waals surface area contributed by atoms with Gasteiger partial charge in [-0.3, -0.25) is 0 Å². The lowest BCUT2D eigenvalue weighted by Crippen LogP contribution is -2.16. The maximum Gasteiger partial charge on any atom is 0.416 e. The Balaban J connectivity index is 0.00000324. The number of fused-ring (bicyclic) bond motifs is 1. The Labute approximate surface area is 212 Å². The molecule has 0 saturated carbocycles. The Morgan fingerprint density at radius 1 is 0.882 bits per heavy atom. The zero-order chi connectivity index (χ0) is 23.6. The van der Waals surface area contributed by atoms with E-state index in [2.05, 4.69) is 11.4 Å². The van der Waals surface area contributed by atoms with E-state index in [-0.39, 0.29) is 22.2 Å². The summed E-state index contributed by atoms with van der Waals surface area (Å²) in [5.41, 5.74) is 2.60. The van der Waals surface area contributed by atoms with Crippen molar-refractivity contribution in [2.24, 2.45) is 0 Å². The first-order chi connectivity index (χ1) is 15.7. The molecule has 1 aliphatic rings. The number of rotatable bonds is 5. The number of nitrogens with one attached hydrogen (secondary N) is 1. The lowest BCUT2D eigenvalue weighted by Gasteiger charge is -2.14. The minimum absolute atomic E-state index is 0. The zero-order valence-electron chi connectivity index (χ0n) is 17.9. The Kier molecular flexibility index (Phi) is 8.63. The van der Waals surface area contributed by atoms with Gasteiger partial charge in [-0.05, 0) is 85.1 Å². The fourth-order valence-corrected chi connectivity index (χ4v) is 6.46. The van der Waals surface area contributed by atoms with Crippen LogP contribution in [-0.2, 0) is 34.6 Å². The third-order valence-corrected chi connectivity index (χ3v) is 8.99. The first kappa shape index (κ1) is 26.9. The fourth-order valence-electron chi connectivity index (χ4n) is 3.75. The number of halogens is 5. The second kappa shape index (κ2) is 10.9. The molecule has 0 bridgehead atoms. The van der Waals surface area contributed by atoms with Gasteiger partial charge in [0.1, 0.15) is 0 Å². The van der Waals surface area contributed by atoms with Gasteiger partial charge in [0.15, 0.2) is 0 Å². The minimum Gasteiger partial charge on any atom is -0.316 e. The van der Waals surface area contributed by atoms with E-state index in [0.717, 1.165) is 60.7 Å². The van der Waals surface area contributed by atoms with Crippen LogP contribution in [0.3, 0.4) is 0 Å². The van der Waals surface area contributed by atoms with Gasteiger partial charge in [0, 0.05) is 10.6 Å². The van der Waals surface area contributed by atoms with Crippen LogP contribution in [0.15, 0.2) is 75.4 Å². The molecule has 0 aliphatic carbocycles. The van der Waals surface area contributed by atoms with Gasteiger partial charge in [0.2, 0.25) is 9.84 Å². The van der Waals surface area contributed by atoms with Crippen molar-refractivity contribution >= 4 is 45.6 Å². The Bertz CT molecular complexity index is 1250. The van der Waals surface area contributed by atoms with E-state index >= 15 is 0 Å². The summed E-state index contributed by atoms with van der Waals surface area (Å²) in [4.78, 5) is 0.915. The molecule has 0 aromatic heterocycles. The van der Waals surface area contributed by atoms with Gasteiger partial charge in [-0.1, -0.05) is 29.8 Å². The van der Waals surface area contributed by atoms with Gasteiger partial charge in [0.05, 0.1) is 20.4 Å². The summed E-state index contributed by atoms with van der Waals surface area (Å²) >= 11 is 8.10. The summed E-state index contributed by atoms with van der Waals surface area (Å²) in [6, 6.07) is 13.9. The van der Waals surface area contributed by atoms with Gasteiger partial charge in [-0.2, -0.15) is 13.2 Å². The Morgan fingerprint density at radius 2 is 1.47 bits per heavy atom. The van der Waals surface area contributed by atoms with Gasteiger partial charge in [0.25, 0.3) is 0 Å². The van der Waals surface area contributed by atoms with Crippen molar-refractivity contribution in [3.05, 3.63) is 87.9 Å². The van der Waals surface area contributed by atoms with Crippen LogP contribution in [-0.4, -0.2) is 21.5 Å². The van der Waals surface area contributed by atoms with Crippen LogP contribution in [0, 0.1) is 0 Å². The van der Waals surface area contributed by atoms with Crippen molar-refractivity contribution in [3.63, 3.8) is 0 Å². The van der Waals surface area contributed by atoms with Crippen LogP contribution in [0.5, 0.6) is 0 Å². The molecule has 34 heavy (non-hydrogen) atoms. The molecule has 10 heteroatoms. The molecule has 3 aromatic carbocycles. The number of hydrogen-bond acceptors (Lipinski definition) is 4. The predicted octanol–water partition coefficient (Wildman–Crippen LogP) is 6.59. The molecule has 0 amide bonds. The first-order valence-corrected chi connectivity index (χ1v) is 13.2. The summed E-state index contributed by atoms with van der Waals surface area (Å²) < 4.78 is 63.9. The van der Waals surface area contributed by atoms with Crippen LogP contribution < -0.4 is 5.32 Å². The topological polar surface area (TPSA) is 46.2 Å². The largest absolute Gasteiger partial charge is 0.416 e. The van der Waals surface area contributed by atoms with Crippen LogP contribution >= 0.6 is 35.8 Å². The highest BCUT2D eigenvalue weighted by atomic mass is 35.5. The standard InChI is InChI=1S/C24H21ClF3NO2S2.ClH/c25-22-10-3-17-11-13-29-14-12-21(17)23(22)32-15-16-1-6-19(7-2-16)33(30,31)20-8-4-18(5-9-20)24(26,27)28;/h1-10,29H,11-15H2;1H. The van der Waals surface area contributed by atoms with Crippen molar-refractivity contribution in [1.82, 2.24) is 5.32 Å². The van der Waals surface area contributed by atoms with Gasteiger partial charge < -0.3 is 5.32 Å². The van der Waals surface area contributed by atoms with Crippen molar-refractivity contribution in [2.75, 3.05) is 13.1 Å². The molecular weight excluding hydrogens is 526 g/mol. The van der Waals surface area contributed by atoms with Crippen molar-refractivity contribution in [2.45, 2.75) is 39.5 Å². The summed E-state index contributed by atoms with van der Waals surface area (Å²) in [5.74, 6) is 0.615. The second-order valence-corrected chi connectivity index (χ2v) is 11.1. The Hall–Kier alpha value is -1.71. The SMILES string of the molecule is Cl.O=S(=O)(c1ccc(CSc2c(Cl)ccc3c2CCNCC3)cc1)c1ccc(C(F)(F)F)cc1. The highest BCUT2D eigenvalue weighted by Crippen LogP contribution is 2.36. The summed E-state index contributed by atoms with van der Waals surface area (Å²) in [7, 11) is -3.91. The Morgan fingerprint density at radius 3 is 2.09 bits per heavy atom. The maximum atomic E-state index is 12.8. The number of alkyl halides is 3. The van der Waals surface area contributed by atoms with Gasteiger partial charge in [-0.15, -0.1) is 24.2 Å². The monoisotopic (exact) mass is 547 g/mol. The van der Waals surface area contributed by atoms with E-state index in [1.807, 2.05) is 6.07 Å². The molecular formula is C24H22Cl2F3NO2S2. The number of sulfone groups is 1. The quantitative estimate of drug-likeness (QED) is 0.366. The van der Waals surface area contributed by atoms with E-state index in [4.69, 9.17) is 11.6 Å². The molecule has 1 heterocycles. The number of hydrogen-bond donors (Lipinski definition) is 1. The minimum atomic E-state index is -4.52. The average molecular weight is 548 g/mol. The lowest BCUT2D eigenvalue weighted by atomic mass is 10.0. The van der Waals surface area contributed by atoms with E-state index in [1.165, 1.54) is 23.3 Å². The highest BCUT2D eigenvalue weighted by Gasteiger charge is 2.30. The predicted molar refractivity (Wildman–Crippen MR) is 132 cm³/mol. The van der Waals surface area contributed by atoms with Crippen molar-refractivity contribution in [1.29, 1.82) is 0 Å². The third-order valence-electron chi connectivity index (χ3n) is 5.54. The fraction of sp³-hybridized carbons (Fsp3) is 0.250. The summed E-state index contributed by atoms with van der Waals surface area (Å²) in [5, 5.41) is 4.10. The normalized spacial score (nSPS) is 14.1. The van der Waals surface area contributed by atoms with Crippen molar-refractivity contribution < 1.29 is 21.6 Å². The van der Waals surface area contributed by atoms with E-state index in [0.29, 0.717) is 10.8 Å². The highest BCUT2D eigenvalue weighted by molar-refractivity contribution is 7.98. The average Bonchev–Trinajstić information content (AvgIpc) is 3.04. The zero-order valence-corrected chi connectivity index (χ0v) is 21.1. The molecule has 182 valence electrons. The second-order valence-electron chi connectivity index (χ2n) is 7.72. The number of thioether (sulfide) groups is 1. The maximum absolute atomic E-state index is 12.8. The molecule has 3 nitrogen and oxygen atoms in total. The van der Waals surface area contributed by atoms with Crippen LogP contribution in [0.4, 0.5) is 13.2 Å². The van der Waals surface area contributed by atoms with Crippen LogP contribution in [0.25, 0.3) is 0 Å². The van der Waals surface area contributed by atoms with E-state index < -0.39 is 21.6 Å². The third kappa shape index (κ3) is 5.91. The molecule has 4 rings (SSSR count). The molecule has 0 spiro atoms. The summed E-state index contributed by atoms with van der Waals surface area (Å²) in [6.45, 7) is 1.84. The molecule has 1 N–H and O–H groups in total. The van der Waals surface area contributed by atoms with Crippen molar-refractivity contribution in [3.8, 4) is 0 Å². The van der Waals surface area contributed by atoms with E-state index in [1.54, 1.807) is 23.9 Å². The molecule has 1 aliphatic heterocycles. The molecule has 0 saturated heterocycles. The molecule has 0 atom stereocenters. The smallest absolute Gasteiger partial charge is 0.316 e. The lowest BCUT2D eigenvalue weighted by molar-refractivity contribution is -0.137. The van der Waals surface area contributed by atoms with Crippen LogP contribution in [0.2, 0.25) is 5.02 Å². The first-order valence-electron chi connectivity index (χ1n) is 10.3. The van der Waals surface area contributed by atoms with Crippen LogP contribution in [0.1, 0.15) is 22.3 Å².